The number of imidazole rings is 1. The fourth-order valence-electron chi connectivity index (χ4n) is 8.47. The van der Waals surface area contributed by atoms with Crippen LogP contribution < -0.4 is 0 Å². The second kappa shape index (κ2) is 19.2. The quantitative estimate of drug-likeness (QED) is 0.147. The Morgan fingerprint density at radius 3 is 2.01 bits per heavy atom. The number of fused-ring (bicyclic) bond motifs is 1. The molecule has 0 amide bonds. The van der Waals surface area contributed by atoms with Gasteiger partial charge >= 0.3 is 0 Å². The Labute approximate surface area is 460 Å². The van der Waals surface area contributed by atoms with Gasteiger partial charge in [-0.3, -0.25) is 9.55 Å². The molecular weight excluding hydrogens is 1020 g/mol. The van der Waals surface area contributed by atoms with Crippen molar-refractivity contribution in [2.24, 2.45) is 0 Å². The van der Waals surface area contributed by atoms with Crippen molar-refractivity contribution >= 4 is 11.0 Å². The number of hydrogen-bond donors (Lipinski definition) is 1. The van der Waals surface area contributed by atoms with E-state index >= 15 is 0 Å². The van der Waals surface area contributed by atoms with Gasteiger partial charge in [0.15, 0.2) is 0 Å². The van der Waals surface area contributed by atoms with E-state index in [-0.39, 0.29) is 66.5 Å². The molecule has 4 nitrogen and oxygen atoms in total. The van der Waals surface area contributed by atoms with Crippen molar-refractivity contribution in [3.8, 4) is 78.6 Å². The van der Waals surface area contributed by atoms with Crippen molar-refractivity contribution in [3.05, 3.63) is 191 Å². The summed E-state index contributed by atoms with van der Waals surface area (Å²) in [6.07, 6.45) is 1.55. The Morgan fingerprint density at radius 2 is 1.30 bits per heavy atom. The largest absolute Gasteiger partial charge is 0.507 e. The number of phenols is 1. The summed E-state index contributed by atoms with van der Waals surface area (Å²) < 4.78 is 220. The van der Waals surface area contributed by atoms with Crippen LogP contribution in [-0.2, 0) is 31.9 Å². The van der Waals surface area contributed by atoms with Crippen LogP contribution in [0.2, 0.25) is 0 Å². The summed E-state index contributed by atoms with van der Waals surface area (Å²) in [5.74, 6) is -3.46. The number of aromatic hydroxyl groups is 1. The van der Waals surface area contributed by atoms with Gasteiger partial charge in [0.25, 0.3) is 0 Å². The maximum absolute atomic E-state index is 13.1. The molecule has 5 heteroatoms. The Kier molecular flexibility index (Phi) is 7.40. The first-order valence-electron chi connectivity index (χ1n) is 34.5. The zero-order valence-corrected chi connectivity index (χ0v) is 40.4. The molecule has 0 atom stereocenters. The molecular formula is C64H64N3OPt-. The van der Waals surface area contributed by atoms with Crippen molar-refractivity contribution in [2.45, 2.75) is 105 Å². The number of benzene rings is 7. The van der Waals surface area contributed by atoms with Crippen molar-refractivity contribution in [3.63, 3.8) is 0 Å². The molecule has 0 unspecified atom stereocenters. The number of aryl methyl sites for hydroxylation is 2. The first-order chi connectivity index (χ1) is 42.6. The van der Waals surface area contributed by atoms with Gasteiger partial charge in [-0.15, -0.1) is 23.8 Å². The smallest absolute Gasteiger partial charge is 0.148 e. The molecule has 9 aromatic rings. The van der Waals surface area contributed by atoms with Crippen LogP contribution in [0.4, 0.5) is 0 Å². The summed E-state index contributed by atoms with van der Waals surface area (Å²) in [4.78, 5) is 9.76. The van der Waals surface area contributed by atoms with Crippen molar-refractivity contribution in [2.75, 3.05) is 0 Å². The van der Waals surface area contributed by atoms with Crippen LogP contribution in [0.1, 0.15) is 148 Å². The predicted molar refractivity (Wildman–Crippen MR) is 287 cm³/mol. The van der Waals surface area contributed by atoms with E-state index in [2.05, 4.69) is 6.07 Å². The molecule has 0 aliphatic heterocycles. The normalized spacial score (nSPS) is 18.9. The SMILES string of the molecule is [2H]C([2H])([2H])c1ccc(-c2ccnc(-c3[c-]c(-c4cccc5c4nc(-c4cc(C(C([2H])([2H])[2H])(C([2H])([2H])[2H])C([2H])([2H])[2H])cc(C(C([2H])([2H])[2H])(C([2H])([2H])[2H])C([2H])([2H])[2H])c4O)n5-c4ccc(-c5cc(C(C)C)cc(C([2H])(C)C)c5)cc4C([2H])([2H])[2H])cc(-c4ccccc4)c3)c2)cc1.[Pt]. The number of rotatable bonds is 9. The summed E-state index contributed by atoms with van der Waals surface area (Å²) in [6.45, 7) is -23.5. The molecule has 69 heavy (non-hydrogen) atoms. The van der Waals surface area contributed by atoms with Crippen LogP contribution in [0.25, 0.3) is 83.9 Å². The summed E-state index contributed by atoms with van der Waals surface area (Å²) in [5, 5.41) is 13.1. The number of hydrogen-bond acceptors (Lipinski definition) is 3. The van der Waals surface area contributed by atoms with Crippen molar-refractivity contribution in [1.29, 1.82) is 0 Å². The van der Waals surface area contributed by atoms with Gasteiger partial charge in [0, 0.05) is 72.8 Å². The molecule has 0 aliphatic rings. The predicted octanol–water partition coefficient (Wildman–Crippen LogP) is 17.4. The topological polar surface area (TPSA) is 50.9 Å². The van der Waals surface area contributed by atoms with Gasteiger partial charge < -0.3 is 5.11 Å². The first kappa shape index (κ1) is 26.6. The van der Waals surface area contributed by atoms with Crippen LogP contribution in [0.3, 0.4) is 0 Å². The van der Waals surface area contributed by atoms with Crippen LogP contribution in [0.5, 0.6) is 5.75 Å². The second-order valence-electron chi connectivity index (χ2n) is 17.7. The van der Waals surface area contributed by atoms with Gasteiger partial charge in [-0.25, -0.2) is 4.98 Å². The molecule has 0 saturated carbocycles. The van der Waals surface area contributed by atoms with E-state index in [1.807, 2.05) is 50.2 Å². The number of nitrogens with zero attached hydrogens (tertiary/aromatic N) is 3. The number of pyridine rings is 1. The third-order valence-electron chi connectivity index (χ3n) is 12.2. The van der Waals surface area contributed by atoms with E-state index in [1.54, 1.807) is 86.8 Å². The fraction of sp³-hybridized carbons (Fsp3) is 0.250. The van der Waals surface area contributed by atoms with E-state index in [0.717, 1.165) is 10.1 Å². The average Bonchev–Trinajstić information content (AvgIpc) is 0.838. The standard InChI is InChI=1S/C64H64N3O.Pt/c1-39(2)47-30-48(40(3)4)32-50(31-47)45-25-26-58(42(6)29-45)67-59-20-16-19-54(60(59)66-62(67)55-37-53(63(7,8)9)38-56(61(55)68)64(10,11)12)51-33-49(43-17-14-13-15-18-43)34-52(35-51)57-36-46(27-28-65-57)44-23-21-41(5)22-24-44;/h13-34,36-40,68H,1-12H3;/q-1;/i5D3,6D3,7D3,8D3,9D3,10D3,11D3,12D3,39D;. The summed E-state index contributed by atoms with van der Waals surface area (Å²) in [6, 6.07) is 41.0. The monoisotopic (exact) mass is 1110 g/mol. The third kappa shape index (κ3) is 9.93. The van der Waals surface area contributed by atoms with E-state index < -0.39 is 105 Å². The molecule has 2 heterocycles. The molecule has 0 saturated heterocycles. The number of aromatic nitrogens is 3. The summed E-state index contributed by atoms with van der Waals surface area (Å²) in [7, 11) is 0. The maximum Gasteiger partial charge on any atom is 0.148 e. The zero-order valence-electron chi connectivity index (χ0n) is 63.1. The van der Waals surface area contributed by atoms with Gasteiger partial charge in [-0.2, -0.15) is 0 Å². The molecule has 0 spiro atoms. The molecule has 0 bridgehead atoms. The number of phenolic OH excluding ortho intramolecular Hbond substituents is 1. The van der Waals surface area contributed by atoms with Crippen LogP contribution in [0, 0.1) is 19.8 Å². The average molecular weight is 1110 g/mol. The molecule has 7 aromatic carbocycles. The Balaban J connectivity index is 0.0000113. The summed E-state index contributed by atoms with van der Waals surface area (Å²) >= 11 is 0. The van der Waals surface area contributed by atoms with E-state index in [0.29, 0.717) is 56.3 Å². The fourth-order valence-corrected chi connectivity index (χ4v) is 8.47. The molecule has 352 valence electrons. The van der Waals surface area contributed by atoms with Gasteiger partial charge in [-0.1, -0.05) is 194 Å². The molecule has 2 aromatic heterocycles. The van der Waals surface area contributed by atoms with Gasteiger partial charge in [0.2, 0.25) is 0 Å². The molecule has 9 rings (SSSR count). The first-order valence-corrected chi connectivity index (χ1v) is 22.0. The Hall–Kier alpha value is -6.35. The Morgan fingerprint density at radius 1 is 0.609 bits per heavy atom. The minimum Gasteiger partial charge on any atom is -0.507 e. The van der Waals surface area contributed by atoms with E-state index in [1.165, 1.54) is 30.3 Å². The molecule has 0 aliphatic carbocycles. The van der Waals surface area contributed by atoms with Gasteiger partial charge in [0.1, 0.15) is 11.6 Å². The Bertz CT molecular complexity index is 4220. The van der Waals surface area contributed by atoms with Crippen LogP contribution >= 0.6 is 0 Å². The zero-order chi connectivity index (χ0) is 69.2. The van der Waals surface area contributed by atoms with E-state index in [9.17, 15) is 9.22 Å². The maximum atomic E-state index is 13.1. The number of para-hydroxylation sites is 1. The van der Waals surface area contributed by atoms with E-state index in [4.69, 9.17) is 40.1 Å². The van der Waals surface area contributed by atoms with Crippen molar-refractivity contribution < 1.29 is 60.4 Å². The molecule has 1 N–H and O–H groups in total. The minimum absolute atomic E-state index is 0. The summed E-state index contributed by atoms with van der Waals surface area (Å²) in [5.41, 5.74) is -7.14. The molecule has 0 fully saturated rings. The molecule has 0 radical (unpaired) electrons. The minimum atomic E-state index is -4.29. The second-order valence-corrected chi connectivity index (χ2v) is 17.7. The van der Waals surface area contributed by atoms with Crippen LogP contribution in [0.15, 0.2) is 152 Å². The van der Waals surface area contributed by atoms with Gasteiger partial charge in [-0.05, 0) is 117 Å². The van der Waals surface area contributed by atoms with Crippen LogP contribution in [-0.4, -0.2) is 19.6 Å². The van der Waals surface area contributed by atoms with Gasteiger partial charge in [0.05, 0.1) is 22.3 Å². The third-order valence-corrected chi connectivity index (χ3v) is 12.2. The van der Waals surface area contributed by atoms with Crippen molar-refractivity contribution in [1.82, 2.24) is 14.5 Å².